The molecular weight excluding hydrogens is 344 g/mol. The van der Waals surface area contributed by atoms with Gasteiger partial charge < -0.3 is 5.32 Å². The van der Waals surface area contributed by atoms with E-state index in [0.29, 0.717) is 5.56 Å². The van der Waals surface area contributed by atoms with Crippen LogP contribution in [0.2, 0.25) is 0 Å². The first kappa shape index (κ1) is 17.9. The summed E-state index contributed by atoms with van der Waals surface area (Å²) in [5.74, 6) is -0.130. The normalized spacial score (nSPS) is 10.8. The highest BCUT2D eigenvalue weighted by atomic mass is 16.1. The van der Waals surface area contributed by atoms with E-state index in [4.69, 9.17) is 4.98 Å². The standard InChI is InChI=1S/C25H22N2O/c1-16-7-6-8-20(13-16)26-25(28)22-15-24(19-12-11-17(2)18(3)14-19)27-23-10-5-4-9-21(22)23/h4-15H,1-3H3,(H,26,28). The molecule has 3 nitrogen and oxygen atoms in total. The van der Waals surface area contributed by atoms with E-state index in [1.54, 1.807) is 0 Å². The number of amides is 1. The first-order valence-corrected chi connectivity index (χ1v) is 9.37. The third-order valence-electron chi connectivity index (χ3n) is 5.04. The van der Waals surface area contributed by atoms with Crippen molar-refractivity contribution in [1.82, 2.24) is 4.98 Å². The van der Waals surface area contributed by atoms with E-state index in [9.17, 15) is 4.79 Å². The van der Waals surface area contributed by atoms with Crippen LogP contribution >= 0.6 is 0 Å². The van der Waals surface area contributed by atoms with E-state index in [1.807, 2.05) is 61.5 Å². The van der Waals surface area contributed by atoms with Crippen LogP contribution in [0.1, 0.15) is 27.0 Å². The van der Waals surface area contributed by atoms with E-state index in [2.05, 4.69) is 37.4 Å². The van der Waals surface area contributed by atoms with Gasteiger partial charge in [0.15, 0.2) is 0 Å². The molecule has 138 valence electrons. The fourth-order valence-electron chi connectivity index (χ4n) is 3.33. The second kappa shape index (κ2) is 7.28. The van der Waals surface area contributed by atoms with Crippen molar-refractivity contribution in [3.63, 3.8) is 0 Å². The quantitative estimate of drug-likeness (QED) is 0.477. The molecule has 1 amide bonds. The molecule has 4 rings (SSSR count). The molecule has 0 fully saturated rings. The lowest BCUT2D eigenvalue weighted by Crippen LogP contribution is -2.13. The van der Waals surface area contributed by atoms with Crippen LogP contribution in [0.15, 0.2) is 72.8 Å². The van der Waals surface area contributed by atoms with Crippen molar-refractivity contribution in [2.45, 2.75) is 20.8 Å². The Bertz CT molecular complexity index is 1190. The second-order valence-electron chi connectivity index (χ2n) is 7.19. The van der Waals surface area contributed by atoms with Gasteiger partial charge in [0.25, 0.3) is 5.91 Å². The molecule has 0 saturated carbocycles. The first-order valence-electron chi connectivity index (χ1n) is 9.37. The van der Waals surface area contributed by atoms with Crippen molar-refractivity contribution in [3.05, 3.63) is 95.1 Å². The lowest BCUT2D eigenvalue weighted by atomic mass is 10.0. The summed E-state index contributed by atoms with van der Waals surface area (Å²) in [6, 6.07) is 23.7. The largest absolute Gasteiger partial charge is 0.322 e. The van der Waals surface area contributed by atoms with Gasteiger partial charge in [0.1, 0.15) is 0 Å². The Morgan fingerprint density at radius 1 is 0.821 bits per heavy atom. The Morgan fingerprint density at radius 3 is 2.43 bits per heavy atom. The van der Waals surface area contributed by atoms with Crippen molar-refractivity contribution >= 4 is 22.5 Å². The SMILES string of the molecule is Cc1cccc(NC(=O)c2cc(-c3ccc(C)c(C)c3)nc3ccccc23)c1. The number of nitrogens with zero attached hydrogens (tertiary/aromatic N) is 1. The van der Waals surface area contributed by atoms with Crippen molar-refractivity contribution in [2.75, 3.05) is 5.32 Å². The third kappa shape index (κ3) is 3.52. The zero-order valence-corrected chi connectivity index (χ0v) is 16.3. The topological polar surface area (TPSA) is 42.0 Å². The van der Waals surface area contributed by atoms with Crippen molar-refractivity contribution < 1.29 is 4.79 Å². The minimum atomic E-state index is -0.130. The van der Waals surface area contributed by atoms with Crippen LogP contribution in [-0.4, -0.2) is 10.9 Å². The summed E-state index contributed by atoms with van der Waals surface area (Å²) < 4.78 is 0. The molecule has 0 radical (unpaired) electrons. The van der Waals surface area contributed by atoms with Crippen LogP contribution in [0, 0.1) is 20.8 Å². The summed E-state index contributed by atoms with van der Waals surface area (Å²) in [6.07, 6.45) is 0. The van der Waals surface area contributed by atoms with Crippen LogP contribution in [0.5, 0.6) is 0 Å². The zero-order chi connectivity index (χ0) is 19.7. The predicted molar refractivity (Wildman–Crippen MR) is 116 cm³/mol. The molecule has 1 heterocycles. The molecule has 3 heteroatoms. The average Bonchev–Trinajstić information content (AvgIpc) is 2.69. The number of fused-ring (bicyclic) bond motifs is 1. The second-order valence-corrected chi connectivity index (χ2v) is 7.19. The predicted octanol–water partition coefficient (Wildman–Crippen LogP) is 6.08. The Kier molecular flexibility index (Phi) is 4.66. The Balaban J connectivity index is 1.82. The molecule has 1 aromatic heterocycles. The molecule has 0 aliphatic heterocycles. The summed E-state index contributed by atoms with van der Waals surface area (Å²) in [4.78, 5) is 17.9. The molecule has 0 saturated heterocycles. The number of carbonyl (C=O) groups excluding carboxylic acids is 1. The maximum atomic E-state index is 13.1. The summed E-state index contributed by atoms with van der Waals surface area (Å²) in [5, 5.41) is 3.87. The maximum absolute atomic E-state index is 13.1. The van der Waals surface area contributed by atoms with Crippen LogP contribution in [0.3, 0.4) is 0 Å². The lowest BCUT2D eigenvalue weighted by Gasteiger charge is -2.12. The Hall–Kier alpha value is -3.46. The minimum absolute atomic E-state index is 0.130. The van der Waals surface area contributed by atoms with Crippen LogP contribution in [0.25, 0.3) is 22.2 Å². The number of pyridine rings is 1. The molecule has 0 aliphatic rings. The van der Waals surface area contributed by atoms with E-state index in [1.165, 1.54) is 11.1 Å². The maximum Gasteiger partial charge on any atom is 0.256 e. The molecular formula is C25H22N2O. The van der Waals surface area contributed by atoms with Crippen molar-refractivity contribution in [2.24, 2.45) is 0 Å². The van der Waals surface area contributed by atoms with Gasteiger partial charge in [-0.3, -0.25) is 4.79 Å². The fourth-order valence-corrected chi connectivity index (χ4v) is 3.33. The molecule has 4 aromatic rings. The highest BCUT2D eigenvalue weighted by Crippen LogP contribution is 2.27. The monoisotopic (exact) mass is 366 g/mol. The van der Waals surface area contributed by atoms with Crippen LogP contribution in [-0.2, 0) is 0 Å². The highest BCUT2D eigenvalue weighted by molar-refractivity contribution is 6.13. The van der Waals surface area contributed by atoms with Gasteiger partial charge in [0, 0.05) is 16.6 Å². The van der Waals surface area contributed by atoms with Gasteiger partial charge in [-0.2, -0.15) is 0 Å². The summed E-state index contributed by atoms with van der Waals surface area (Å²) in [6.45, 7) is 6.19. The van der Waals surface area contributed by atoms with Crippen molar-refractivity contribution in [1.29, 1.82) is 0 Å². The van der Waals surface area contributed by atoms with Gasteiger partial charge in [0.05, 0.1) is 16.8 Å². The van der Waals surface area contributed by atoms with E-state index < -0.39 is 0 Å². The Morgan fingerprint density at radius 2 is 1.64 bits per heavy atom. The zero-order valence-electron chi connectivity index (χ0n) is 16.3. The number of rotatable bonds is 3. The molecule has 1 N–H and O–H groups in total. The van der Waals surface area contributed by atoms with Gasteiger partial charge in [-0.25, -0.2) is 4.98 Å². The summed E-state index contributed by atoms with van der Waals surface area (Å²) >= 11 is 0. The van der Waals surface area contributed by atoms with Gasteiger partial charge in [0.2, 0.25) is 0 Å². The smallest absolute Gasteiger partial charge is 0.256 e. The molecule has 0 bridgehead atoms. The van der Waals surface area contributed by atoms with Gasteiger partial charge in [-0.15, -0.1) is 0 Å². The number of carbonyl (C=O) groups is 1. The number of anilines is 1. The Labute approximate surface area is 165 Å². The number of para-hydroxylation sites is 1. The molecule has 28 heavy (non-hydrogen) atoms. The van der Waals surface area contributed by atoms with Crippen LogP contribution in [0.4, 0.5) is 5.69 Å². The summed E-state index contributed by atoms with van der Waals surface area (Å²) in [7, 11) is 0. The number of aryl methyl sites for hydroxylation is 3. The number of nitrogens with one attached hydrogen (secondary N) is 1. The molecule has 3 aromatic carbocycles. The highest BCUT2D eigenvalue weighted by Gasteiger charge is 2.14. The summed E-state index contributed by atoms with van der Waals surface area (Å²) in [5.41, 5.74) is 7.59. The first-order chi connectivity index (χ1) is 13.5. The van der Waals surface area contributed by atoms with E-state index in [0.717, 1.165) is 33.4 Å². The van der Waals surface area contributed by atoms with Crippen molar-refractivity contribution in [3.8, 4) is 11.3 Å². The van der Waals surface area contributed by atoms with Gasteiger partial charge in [-0.1, -0.05) is 42.5 Å². The van der Waals surface area contributed by atoms with E-state index in [-0.39, 0.29) is 5.91 Å². The molecule has 0 aliphatic carbocycles. The fraction of sp³-hybridized carbons (Fsp3) is 0.120. The molecule has 0 atom stereocenters. The van der Waals surface area contributed by atoms with Gasteiger partial charge >= 0.3 is 0 Å². The van der Waals surface area contributed by atoms with E-state index >= 15 is 0 Å². The minimum Gasteiger partial charge on any atom is -0.322 e. The van der Waals surface area contributed by atoms with Crippen LogP contribution < -0.4 is 5.32 Å². The number of hydrogen-bond acceptors (Lipinski definition) is 2. The third-order valence-corrected chi connectivity index (χ3v) is 5.04. The average molecular weight is 366 g/mol. The number of aromatic nitrogens is 1. The molecule has 0 unspecified atom stereocenters. The van der Waals surface area contributed by atoms with Gasteiger partial charge in [-0.05, 0) is 67.8 Å². The number of hydrogen-bond donors (Lipinski definition) is 1. The lowest BCUT2D eigenvalue weighted by molar-refractivity contribution is 0.102. The number of benzene rings is 3. The molecule has 0 spiro atoms.